The largest absolute Gasteiger partial charge is 0.394 e. The number of hydrogen-bond acceptors (Lipinski definition) is 2. The lowest BCUT2D eigenvalue weighted by Gasteiger charge is -2.27. The van der Waals surface area contributed by atoms with E-state index in [9.17, 15) is 13.2 Å². The molecule has 0 fully saturated rings. The number of para-hydroxylation sites is 1. The minimum atomic E-state index is -4.31. The van der Waals surface area contributed by atoms with Gasteiger partial charge in [0.15, 0.2) is 0 Å². The molecule has 6 heteroatoms. The van der Waals surface area contributed by atoms with Crippen LogP contribution in [0.25, 0.3) is 49.7 Å². The topological polar surface area (TPSA) is 30.7 Å². The Bertz CT molecular complexity index is 1910. The highest BCUT2D eigenvalue weighted by molar-refractivity contribution is 6.11. The van der Waals surface area contributed by atoms with Crippen molar-refractivity contribution in [2.75, 3.05) is 0 Å². The van der Waals surface area contributed by atoms with Gasteiger partial charge in [-0.05, 0) is 64.1 Å². The first-order valence-corrected chi connectivity index (χ1v) is 13.8. The van der Waals surface area contributed by atoms with Gasteiger partial charge in [0.1, 0.15) is 11.8 Å². The average molecular weight is 552 g/mol. The molecule has 0 saturated heterocycles. The maximum absolute atomic E-state index is 13.8. The van der Waals surface area contributed by atoms with Crippen molar-refractivity contribution < 1.29 is 13.2 Å². The van der Waals surface area contributed by atoms with E-state index in [0.29, 0.717) is 5.56 Å². The molecule has 2 aromatic heterocycles. The van der Waals surface area contributed by atoms with E-state index >= 15 is 0 Å². The van der Waals surface area contributed by atoms with Gasteiger partial charge in [-0.2, -0.15) is 13.2 Å². The number of hydrogen-bond donors (Lipinski definition) is 0. The summed E-state index contributed by atoms with van der Waals surface area (Å²) in [4.78, 5) is 9.53. The molecule has 0 radical (unpaired) electrons. The van der Waals surface area contributed by atoms with Crippen molar-refractivity contribution in [3.05, 3.63) is 102 Å². The SMILES string of the molecule is CC(C)(C)c1cc(-c2ncnc3c4ccc(CC(C)(C)C(F)(F)F)cc4n(-c4ccccc4)c23)cc2ccccc12. The summed E-state index contributed by atoms with van der Waals surface area (Å²) >= 11 is 0. The molecule has 2 heterocycles. The fraction of sp³-hybridized carbons (Fsp3) is 0.257. The summed E-state index contributed by atoms with van der Waals surface area (Å²) in [5.41, 5.74) is 4.93. The summed E-state index contributed by atoms with van der Waals surface area (Å²) in [6, 6.07) is 28.2. The van der Waals surface area contributed by atoms with Crippen molar-refractivity contribution in [2.24, 2.45) is 5.41 Å². The molecule has 0 spiro atoms. The van der Waals surface area contributed by atoms with E-state index in [1.54, 1.807) is 12.4 Å². The minimum Gasteiger partial charge on any atom is -0.306 e. The number of alkyl halides is 3. The van der Waals surface area contributed by atoms with Crippen molar-refractivity contribution in [1.82, 2.24) is 14.5 Å². The molecule has 0 N–H and O–H groups in total. The summed E-state index contributed by atoms with van der Waals surface area (Å²) in [6.45, 7) is 9.12. The van der Waals surface area contributed by atoms with Crippen molar-refractivity contribution in [2.45, 2.75) is 52.6 Å². The Balaban J connectivity index is 1.68. The zero-order valence-electron chi connectivity index (χ0n) is 23.8. The Morgan fingerprint density at radius 1 is 0.732 bits per heavy atom. The predicted molar refractivity (Wildman–Crippen MR) is 162 cm³/mol. The molecule has 4 aromatic carbocycles. The van der Waals surface area contributed by atoms with Gasteiger partial charge < -0.3 is 4.57 Å². The third-order valence-corrected chi connectivity index (χ3v) is 7.98. The molecule has 0 aliphatic carbocycles. The molecular formula is C35H32F3N3. The maximum Gasteiger partial charge on any atom is 0.394 e. The van der Waals surface area contributed by atoms with Crippen LogP contribution >= 0.6 is 0 Å². The standard InChI is InChI=1S/C35H32F3N3/c1-33(2,3)28-19-24(18-23-11-9-10-14-26(23)28)30-32-31(40-21-39-30)27-16-15-22(20-34(4,5)35(36,37)38)17-29(27)41(32)25-12-7-6-8-13-25/h6-19,21H,20H2,1-5H3. The molecule has 0 bridgehead atoms. The van der Waals surface area contributed by atoms with Gasteiger partial charge in [0.2, 0.25) is 0 Å². The maximum atomic E-state index is 13.8. The van der Waals surface area contributed by atoms with Crippen molar-refractivity contribution in [3.8, 4) is 16.9 Å². The molecule has 3 nitrogen and oxygen atoms in total. The Labute approximate surface area is 237 Å². The Morgan fingerprint density at radius 2 is 1.44 bits per heavy atom. The van der Waals surface area contributed by atoms with Crippen LogP contribution in [0, 0.1) is 5.41 Å². The van der Waals surface area contributed by atoms with Crippen LogP contribution in [0.5, 0.6) is 0 Å². The van der Waals surface area contributed by atoms with Crippen LogP contribution in [0.15, 0.2) is 91.3 Å². The van der Waals surface area contributed by atoms with E-state index in [1.807, 2.05) is 48.5 Å². The third-order valence-electron chi connectivity index (χ3n) is 7.98. The second-order valence-electron chi connectivity index (χ2n) is 12.5. The summed E-state index contributed by atoms with van der Waals surface area (Å²) in [6.07, 6.45) is -2.85. The molecule has 0 amide bonds. The van der Waals surface area contributed by atoms with Gasteiger partial charge >= 0.3 is 6.18 Å². The third kappa shape index (κ3) is 4.65. The van der Waals surface area contributed by atoms with Gasteiger partial charge in [0.05, 0.1) is 22.1 Å². The van der Waals surface area contributed by atoms with Crippen LogP contribution < -0.4 is 0 Å². The average Bonchev–Trinajstić information content (AvgIpc) is 3.25. The van der Waals surface area contributed by atoms with Gasteiger partial charge in [0, 0.05) is 16.6 Å². The highest BCUT2D eigenvalue weighted by atomic mass is 19.4. The molecule has 6 aromatic rings. The Hall–Kier alpha value is -4.19. The number of halogens is 3. The van der Waals surface area contributed by atoms with Gasteiger partial charge in [0.25, 0.3) is 0 Å². The summed E-state index contributed by atoms with van der Waals surface area (Å²) < 4.78 is 43.5. The Morgan fingerprint density at radius 3 is 2.15 bits per heavy atom. The van der Waals surface area contributed by atoms with Gasteiger partial charge in [-0.1, -0.05) is 89.2 Å². The lowest BCUT2D eigenvalue weighted by Crippen LogP contribution is -2.34. The monoisotopic (exact) mass is 551 g/mol. The summed E-state index contributed by atoms with van der Waals surface area (Å²) in [5, 5.41) is 3.20. The highest BCUT2D eigenvalue weighted by Crippen LogP contribution is 2.42. The number of aromatic nitrogens is 3. The van der Waals surface area contributed by atoms with E-state index in [1.165, 1.54) is 24.8 Å². The van der Waals surface area contributed by atoms with E-state index in [0.717, 1.165) is 44.3 Å². The second-order valence-corrected chi connectivity index (χ2v) is 12.5. The predicted octanol–water partition coefficient (Wildman–Crippen LogP) is 9.82. The van der Waals surface area contributed by atoms with Crippen molar-refractivity contribution >= 4 is 32.7 Å². The van der Waals surface area contributed by atoms with Crippen LogP contribution in [0.3, 0.4) is 0 Å². The smallest absolute Gasteiger partial charge is 0.306 e. The highest BCUT2D eigenvalue weighted by Gasteiger charge is 2.47. The molecular weight excluding hydrogens is 519 g/mol. The summed E-state index contributed by atoms with van der Waals surface area (Å²) in [5.74, 6) is 0. The number of benzene rings is 4. The van der Waals surface area contributed by atoms with Crippen LogP contribution in [-0.4, -0.2) is 20.7 Å². The molecule has 0 saturated carbocycles. The van der Waals surface area contributed by atoms with Crippen LogP contribution in [0.2, 0.25) is 0 Å². The zero-order valence-corrected chi connectivity index (χ0v) is 23.8. The molecule has 0 aliphatic rings. The number of nitrogens with zero attached hydrogens (tertiary/aromatic N) is 3. The normalized spacial score (nSPS) is 13.0. The minimum absolute atomic E-state index is 0.103. The first-order chi connectivity index (χ1) is 19.3. The van der Waals surface area contributed by atoms with Gasteiger partial charge in [-0.15, -0.1) is 0 Å². The zero-order chi connectivity index (χ0) is 29.2. The molecule has 0 aliphatic heterocycles. The second kappa shape index (κ2) is 9.44. The van der Waals surface area contributed by atoms with Crippen LogP contribution in [-0.2, 0) is 11.8 Å². The number of fused-ring (bicyclic) bond motifs is 4. The summed E-state index contributed by atoms with van der Waals surface area (Å²) in [7, 11) is 0. The first kappa shape index (κ1) is 27.0. The Kier molecular flexibility index (Phi) is 6.22. The van der Waals surface area contributed by atoms with Crippen molar-refractivity contribution in [3.63, 3.8) is 0 Å². The lowest BCUT2D eigenvalue weighted by atomic mass is 9.82. The van der Waals surface area contributed by atoms with Gasteiger partial charge in [-0.3, -0.25) is 0 Å². The van der Waals surface area contributed by atoms with Gasteiger partial charge in [-0.25, -0.2) is 9.97 Å². The van der Waals surface area contributed by atoms with E-state index in [-0.39, 0.29) is 11.8 Å². The fourth-order valence-corrected chi connectivity index (χ4v) is 5.72. The van der Waals surface area contributed by atoms with Crippen molar-refractivity contribution in [1.29, 1.82) is 0 Å². The molecule has 208 valence electrons. The van der Waals surface area contributed by atoms with Crippen LogP contribution in [0.1, 0.15) is 45.7 Å². The van der Waals surface area contributed by atoms with E-state index in [2.05, 4.69) is 55.7 Å². The lowest BCUT2D eigenvalue weighted by molar-refractivity contribution is -0.211. The van der Waals surface area contributed by atoms with E-state index in [4.69, 9.17) is 9.97 Å². The van der Waals surface area contributed by atoms with E-state index < -0.39 is 11.6 Å². The van der Waals surface area contributed by atoms with Crippen LogP contribution in [0.4, 0.5) is 13.2 Å². The first-order valence-electron chi connectivity index (χ1n) is 13.8. The quantitative estimate of drug-likeness (QED) is 0.218. The number of rotatable bonds is 4. The molecule has 6 rings (SSSR count). The molecule has 41 heavy (non-hydrogen) atoms. The fourth-order valence-electron chi connectivity index (χ4n) is 5.72. The molecule has 0 atom stereocenters. The molecule has 0 unspecified atom stereocenters.